The molecule has 2 heterocycles. The van der Waals surface area contributed by atoms with Crippen molar-refractivity contribution < 1.29 is 9.47 Å². The Kier molecular flexibility index (Phi) is 7.64. The fourth-order valence-electron chi connectivity index (χ4n) is 8.52. The molecule has 1 aliphatic heterocycles. The standard InChI is InChI=1S/C52H33N3O2/c1-5-16-34(17-6-1)49-53-50(35-18-7-2-8-19-35)55-51(54-49)38-21-15-20-36(32-38)37-28-30-44-46(33-37)56-45-31-29-43-47(48(45)57-44)41-26-13-14-27-42(41)52(43,39-22-9-3-10-23-39)40-24-11-4-12-25-40/h1-33H. The number of ether oxygens (including phenoxy) is 2. The van der Waals surface area contributed by atoms with Gasteiger partial charge in [-0.15, -0.1) is 0 Å². The van der Waals surface area contributed by atoms with Gasteiger partial charge in [-0.1, -0.05) is 176 Å². The SMILES string of the molecule is c1ccc(-c2nc(-c3ccccc3)nc(-c3cccc(-c4ccc5c(c4)Oc4ccc6c(c4O5)-c4ccccc4C6(c4ccccc4)c4ccccc4)c3)n2)cc1. The maximum Gasteiger partial charge on any atom is 0.178 e. The molecule has 0 fully saturated rings. The van der Waals surface area contributed by atoms with Crippen LogP contribution in [0.5, 0.6) is 23.0 Å². The fourth-order valence-corrected chi connectivity index (χ4v) is 8.52. The zero-order chi connectivity index (χ0) is 37.8. The van der Waals surface area contributed by atoms with Gasteiger partial charge in [-0.05, 0) is 63.2 Å². The number of rotatable bonds is 6. The molecule has 5 nitrogen and oxygen atoms in total. The molecule has 5 heteroatoms. The summed E-state index contributed by atoms with van der Waals surface area (Å²) in [6.45, 7) is 0. The maximum atomic E-state index is 6.88. The van der Waals surface area contributed by atoms with Gasteiger partial charge in [-0.3, -0.25) is 0 Å². The van der Waals surface area contributed by atoms with Crippen LogP contribution in [-0.4, -0.2) is 15.0 Å². The van der Waals surface area contributed by atoms with E-state index in [0.29, 0.717) is 34.7 Å². The van der Waals surface area contributed by atoms with Crippen molar-refractivity contribution >= 4 is 0 Å². The Morgan fingerprint density at radius 2 is 0.842 bits per heavy atom. The highest BCUT2D eigenvalue weighted by atomic mass is 16.6. The Morgan fingerprint density at radius 3 is 1.49 bits per heavy atom. The van der Waals surface area contributed by atoms with Crippen molar-refractivity contribution in [2.75, 3.05) is 0 Å². The predicted octanol–water partition coefficient (Wildman–Crippen LogP) is 12.8. The van der Waals surface area contributed by atoms with E-state index in [0.717, 1.165) is 44.7 Å². The minimum absolute atomic E-state index is 0.524. The Morgan fingerprint density at radius 1 is 0.333 bits per heavy atom. The van der Waals surface area contributed by atoms with Crippen LogP contribution in [0.15, 0.2) is 200 Å². The zero-order valence-corrected chi connectivity index (χ0v) is 30.7. The van der Waals surface area contributed by atoms with Gasteiger partial charge < -0.3 is 9.47 Å². The molecule has 0 amide bonds. The number of hydrogen-bond donors (Lipinski definition) is 0. The predicted molar refractivity (Wildman–Crippen MR) is 225 cm³/mol. The molecule has 0 radical (unpaired) electrons. The van der Waals surface area contributed by atoms with Crippen LogP contribution in [0.25, 0.3) is 56.4 Å². The van der Waals surface area contributed by atoms with Crippen LogP contribution < -0.4 is 9.47 Å². The summed E-state index contributed by atoms with van der Waals surface area (Å²) in [5.41, 5.74) is 11.2. The van der Waals surface area contributed by atoms with E-state index in [-0.39, 0.29) is 0 Å². The van der Waals surface area contributed by atoms with Crippen LogP contribution in [0, 0.1) is 0 Å². The molecule has 1 aliphatic carbocycles. The van der Waals surface area contributed by atoms with E-state index in [1.807, 2.05) is 78.9 Å². The first-order valence-corrected chi connectivity index (χ1v) is 19.1. The third kappa shape index (κ3) is 5.35. The van der Waals surface area contributed by atoms with Crippen molar-refractivity contribution in [1.29, 1.82) is 0 Å². The summed E-state index contributed by atoms with van der Waals surface area (Å²) in [7, 11) is 0. The summed E-state index contributed by atoms with van der Waals surface area (Å²) >= 11 is 0. The van der Waals surface area contributed by atoms with Gasteiger partial charge in [0, 0.05) is 22.3 Å². The van der Waals surface area contributed by atoms with E-state index in [4.69, 9.17) is 24.4 Å². The highest BCUT2D eigenvalue weighted by Crippen LogP contribution is 2.62. The largest absolute Gasteiger partial charge is 0.449 e. The Labute approximate surface area is 330 Å². The van der Waals surface area contributed by atoms with Crippen LogP contribution in [0.4, 0.5) is 0 Å². The minimum Gasteiger partial charge on any atom is -0.449 e. The van der Waals surface area contributed by atoms with Crippen molar-refractivity contribution in [3.63, 3.8) is 0 Å². The molecule has 57 heavy (non-hydrogen) atoms. The van der Waals surface area contributed by atoms with Crippen LogP contribution >= 0.6 is 0 Å². The van der Waals surface area contributed by atoms with Crippen molar-refractivity contribution in [2.45, 2.75) is 5.41 Å². The third-order valence-electron chi connectivity index (χ3n) is 11.1. The van der Waals surface area contributed by atoms with Gasteiger partial charge in [0.15, 0.2) is 40.5 Å². The van der Waals surface area contributed by atoms with E-state index < -0.39 is 5.41 Å². The Hall–Kier alpha value is -7.63. The quantitative estimate of drug-likeness (QED) is 0.170. The second-order valence-electron chi connectivity index (χ2n) is 14.3. The lowest BCUT2D eigenvalue weighted by molar-refractivity contribution is 0.360. The third-order valence-corrected chi connectivity index (χ3v) is 11.1. The normalized spacial score (nSPS) is 13.0. The van der Waals surface area contributed by atoms with Gasteiger partial charge in [0.1, 0.15) is 0 Å². The van der Waals surface area contributed by atoms with Crippen molar-refractivity contribution in [2.24, 2.45) is 0 Å². The van der Waals surface area contributed by atoms with E-state index in [9.17, 15) is 0 Å². The van der Waals surface area contributed by atoms with E-state index in [1.165, 1.54) is 22.3 Å². The summed E-state index contributed by atoms with van der Waals surface area (Å²) in [6, 6.07) is 69.0. The monoisotopic (exact) mass is 731 g/mol. The lowest BCUT2D eigenvalue weighted by Gasteiger charge is -2.34. The van der Waals surface area contributed by atoms with Crippen LogP contribution in [-0.2, 0) is 5.41 Å². The average molecular weight is 732 g/mol. The Balaban J connectivity index is 0.985. The van der Waals surface area contributed by atoms with Gasteiger partial charge >= 0.3 is 0 Å². The van der Waals surface area contributed by atoms with Crippen molar-refractivity contribution in [1.82, 2.24) is 15.0 Å². The summed E-state index contributed by atoms with van der Waals surface area (Å²) in [5.74, 6) is 4.60. The second kappa shape index (κ2) is 13.3. The second-order valence-corrected chi connectivity index (χ2v) is 14.3. The summed E-state index contributed by atoms with van der Waals surface area (Å²) in [6.07, 6.45) is 0. The molecule has 0 spiro atoms. The maximum absolute atomic E-state index is 6.88. The molecule has 0 unspecified atom stereocenters. The molecular weight excluding hydrogens is 699 g/mol. The number of aromatic nitrogens is 3. The average Bonchev–Trinajstić information content (AvgIpc) is 3.61. The molecule has 0 N–H and O–H groups in total. The summed E-state index contributed by atoms with van der Waals surface area (Å²) in [5, 5.41) is 0. The molecule has 0 bridgehead atoms. The molecule has 8 aromatic carbocycles. The number of benzene rings is 8. The van der Waals surface area contributed by atoms with Gasteiger partial charge in [0.25, 0.3) is 0 Å². The van der Waals surface area contributed by atoms with Crippen LogP contribution in [0.1, 0.15) is 22.3 Å². The molecule has 0 saturated carbocycles. The van der Waals surface area contributed by atoms with Gasteiger partial charge in [-0.2, -0.15) is 0 Å². The number of nitrogens with zero attached hydrogens (tertiary/aromatic N) is 3. The first-order chi connectivity index (χ1) is 28.2. The van der Waals surface area contributed by atoms with Crippen LogP contribution in [0.3, 0.4) is 0 Å². The molecule has 9 aromatic rings. The van der Waals surface area contributed by atoms with Gasteiger partial charge in [0.2, 0.25) is 0 Å². The number of fused-ring (bicyclic) bond motifs is 6. The topological polar surface area (TPSA) is 57.1 Å². The smallest absolute Gasteiger partial charge is 0.178 e. The molecule has 2 aliphatic rings. The Bertz CT molecular complexity index is 2850. The molecule has 268 valence electrons. The number of hydrogen-bond acceptors (Lipinski definition) is 5. The van der Waals surface area contributed by atoms with Crippen LogP contribution in [0.2, 0.25) is 0 Å². The van der Waals surface area contributed by atoms with E-state index >= 15 is 0 Å². The molecule has 0 atom stereocenters. The van der Waals surface area contributed by atoms with E-state index in [2.05, 4.69) is 121 Å². The van der Waals surface area contributed by atoms with Gasteiger partial charge in [-0.25, -0.2) is 15.0 Å². The summed E-state index contributed by atoms with van der Waals surface area (Å²) in [4.78, 5) is 14.8. The first kappa shape index (κ1) is 32.8. The van der Waals surface area contributed by atoms with Gasteiger partial charge in [0.05, 0.1) is 5.41 Å². The fraction of sp³-hybridized carbons (Fsp3) is 0.0192. The minimum atomic E-state index is -0.524. The van der Waals surface area contributed by atoms with Crippen molar-refractivity contribution in [3.8, 4) is 79.4 Å². The highest BCUT2D eigenvalue weighted by molar-refractivity contribution is 5.92. The first-order valence-electron chi connectivity index (χ1n) is 19.1. The highest BCUT2D eigenvalue weighted by Gasteiger charge is 2.48. The lowest BCUT2D eigenvalue weighted by atomic mass is 9.68. The van der Waals surface area contributed by atoms with E-state index in [1.54, 1.807) is 0 Å². The van der Waals surface area contributed by atoms with Crippen molar-refractivity contribution in [3.05, 3.63) is 222 Å². The lowest BCUT2D eigenvalue weighted by Crippen LogP contribution is -2.28. The molecule has 1 aromatic heterocycles. The molecule has 0 saturated heterocycles. The summed E-state index contributed by atoms with van der Waals surface area (Å²) < 4.78 is 13.6. The zero-order valence-electron chi connectivity index (χ0n) is 30.7. The molecule has 11 rings (SSSR count). The molecular formula is C52H33N3O2.